The van der Waals surface area contributed by atoms with Gasteiger partial charge in [0, 0.05) is 16.2 Å². The third kappa shape index (κ3) is 3.03. The van der Waals surface area contributed by atoms with E-state index in [-0.39, 0.29) is 6.04 Å². The van der Waals surface area contributed by atoms with Crippen LogP contribution in [0.5, 0.6) is 0 Å². The molecular weight excluding hydrogens is 190 g/mol. The van der Waals surface area contributed by atoms with Crippen molar-refractivity contribution in [2.75, 3.05) is 0 Å². The SMILES string of the molecule is Cc1ccc(SC(C)C(C)N)cc1C. The molecule has 0 saturated carbocycles. The number of aryl methyl sites for hydroxylation is 2. The van der Waals surface area contributed by atoms with Crippen LogP contribution >= 0.6 is 11.8 Å². The maximum absolute atomic E-state index is 5.83. The smallest absolute Gasteiger partial charge is 0.0215 e. The summed E-state index contributed by atoms with van der Waals surface area (Å²) in [7, 11) is 0. The second-order valence-electron chi connectivity index (χ2n) is 3.93. The number of benzene rings is 1. The normalized spacial score (nSPS) is 15.2. The van der Waals surface area contributed by atoms with Crippen LogP contribution in [0.25, 0.3) is 0 Å². The van der Waals surface area contributed by atoms with E-state index in [0.29, 0.717) is 5.25 Å². The first-order valence-electron chi connectivity index (χ1n) is 5.00. The number of thioether (sulfide) groups is 1. The number of hydrogen-bond acceptors (Lipinski definition) is 2. The van der Waals surface area contributed by atoms with Crippen molar-refractivity contribution < 1.29 is 0 Å². The van der Waals surface area contributed by atoms with Gasteiger partial charge in [-0.3, -0.25) is 0 Å². The van der Waals surface area contributed by atoms with Crippen LogP contribution in [0, 0.1) is 13.8 Å². The van der Waals surface area contributed by atoms with E-state index in [9.17, 15) is 0 Å². The first-order valence-corrected chi connectivity index (χ1v) is 5.88. The first-order chi connectivity index (χ1) is 6.50. The zero-order chi connectivity index (χ0) is 10.7. The summed E-state index contributed by atoms with van der Waals surface area (Å²) in [5, 5.41) is 0.470. The van der Waals surface area contributed by atoms with Crippen LogP contribution in [0.4, 0.5) is 0 Å². The first kappa shape index (κ1) is 11.6. The molecule has 1 rings (SSSR count). The van der Waals surface area contributed by atoms with Gasteiger partial charge in [0.25, 0.3) is 0 Å². The summed E-state index contributed by atoms with van der Waals surface area (Å²) < 4.78 is 0. The molecule has 2 N–H and O–H groups in total. The molecule has 0 saturated heterocycles. The van der Waals surface area contributed by atoms with Gasteiger partial charge in [-0.05, 0) is 44.0 Å². The summed E-state index contributed by atoms with van der Waals surface area (Å²) in [6.07, 6.45) is 0. The molecule has 0 aromatic heterocycles. The van der Waals surface area contributed by atoms with Crippen molar-refractivity contribution in [3.05, 3.63) is 29.3 Å². The molecule has 0 fully saturated rings. The second-order valence-corrected chi connectivity index (χ2v) is 5.38. The minimum Gasteiger partial charge on any atom is -0.327 e. The largest absolute Gasteiger partial charge is 0.327 e. The van der Waals surface area contributed by atoms with Crippen molar-refractivity contribution in [3.63, 3.8) is 0 Å². The second kappa shape index (κ2) is 4.85. The number of hydrogen-bond donors (Lipinski definition) is 1. The highest BCUT2D eigenvalue weighted by Gasteiger charge is 2.09. The Labute approximate surface area is 91.1 Å². The van der Waals surface area contributed by atoms with Crippen molar-refractivity contribution >= 4 is 11.8 Å². The zero-order valence-corrected chi connectivity index (χ0v) is 10.2. The lowest BCUT2D eigenvalue weighted by molar-refractivity contribution is 0.731. The third-order valence-electron chi connectivity index (χ3n) is 2.54. The van der Waals surface area contributed by atoms with Gasteiger partial charge in [-0.25, -0.2) is 0 Å². The summed E-state index contributed by atoms with van der Waals surface area (Å²) in [6, 6.07) is 6.82. The maximum Gasteiger partial charge on any atom is 0.0215 e. The Morgan fingerprint density at radius 3 is 2.29 bits per heavy atom. The summed E-state index contributed by atoms with van der Waals surface area (Å²) in [5.74, 6) is 0. The Morgan fingerprint density at radius 2 is 1.79 bits per heavy atom. The van der Waals surface area contributed by atoms with Crippen LogP contribution in [0.15, 0.2) is 23.1 Å². The molecule has 2 heteroatoms. The van der Waals surface area contributed by atoms with Crippen molar-refractivity contribution in [2.24, 2.45) is 5.73 Å². The molecule has 0 amide bonds. The number of nitrogens with two attached hydrogens (primary N) is 1. The van der Waals surface area contributed by atoms with Gasteiger partial charge in [0.1, 0.15) is 0 Å². The molecule has 0 spiro atoms. The fourth-order valence-electron chi connectivity index (χ4n) is 1.11. The average molecular weight is 209 g/mol. The predicted molar refractivity (Wildman–Crippen MR) is 64.9 cm³/mol. The van der Waals surface area contributed by atoms with E-state index in [4.69, 9.17) is 5.73 Å². The average Bonchev–Trinajstić information content (AvgIpc) is 2.11. The van der Waals surface area contributed by atoms with E-state index in [1.54, 1.807) is 0 Å². The Morgan fingerprint density at radius 1 is 1.14 bits per heavy atom. The van der Waals surface area contributed by atoms with Crippen LogP contribution in [0.2, 0.25) is 0 Å². The highest BCUT2D eigenvalue weighted by atomic mass is 32.2. The quantitative estimate of drug-likeness (QED) is 0.774. The van der Waals surface area contributed by atoms with Crippen LogP contribution in [-0.2, 0) is 0 Å². The summed E-state index contributed by atoms with van der Waals surface area (Å²) in [4.78, 5) is 1.32. The molecule has 2 atom stereocenters. The van der Waals surface area contributed by atoms with E-state index in [1.165, 1.54) is 16.0 Å². The fourth-order valence-corrected chi connectivity index (χ4v) is 2.14. The molecule has 78 valence electrons. The summed E-state index contributed by atoms with van der Waals surface area (Å²) >= 11 is 1.85. The molecular formula is C12H19NS. The summed E-state index contributed by atoms with van der Waals surface area (Å²) in [5.41, 5.74) is 8.53. The minimum absolute atomic E-state index is 0.238. The zero-order valence-electron chi connectivity index (χ0n) is 9.37. The van der Waals surface area contributed by atoms with E-state index < -0.39 is 0 Å². The molecule has 1 aromatic rings. The minimum atomic E-state index is 0.238. The predicted octanol–water partition coefficient (Wildman–Crippen LogP) is 3.13. The van der Waals surface area contributed by atoms with Crippen LogP contribution in [0.3, 0.4) is 0 Å². The molecule has 1 nitrogen and oxygen atoms in total. The maximum atomic E-state index is 5.83. The van der Waals surface area contributed by atoms with E-state index in [0.717, 1.165) is 0 Å². The molecule has 0 aliphatic carbocycles. The van der Waals surface area contributed by atoms with Crippen LogP contribution in [0.1, 0.15) is 25.0 Å². The molecule has 1 aromatic carbocycles. The van der Waals surface area contributed by atoms with Gasteiger partial charge in [0.15, 0.2) is 0 Å². The van der Waals surface area contributed by atoms with Crippen molar-refractivity contribution in [2.45, 2.75) is 43.9 Å². The molecule has 0 bridgehead atoms. The summed E-state index contributed by atoms with van der Waals surface area (Å²) in [6.45, 7) is 8.51. The lowest BCUT2D eigenvalue weighted by Crippen LogP contribution is -2.26. The van der Waals surface area contributed by atoms with E-state index in [1.807, 2.05) is 11.8 Å². The van der Waals surface area contributed by atoms with Gasteiger partial charge in [0.05, 0.1) is 0 Å². The molecule has 0 aliphatic rings. The van der Waals surface area contributed by atoms with E-state index >= 15 is 0 Å². The van der Waals surface area contributed by atoms with Crippen molar-refractivity contribution in [1.29, 1.82) is 0 Å². The van der Waals surface area contributed by atoms with Gasteiger partial charge >= 0.3 is 0 Å². The molecule has 2 unspecified atom stereocenters. The fraction of sp³-hybridized carbons (Fsp3) is 0.500. The Bertz CT molecular complexity index is 307. The molecule has 0 aliphatic heterocycles. The van der Waals surface area contributed by atoms with Gasteiger partial charge in [0.2, 0.25) is 0 Å². The van der Waals surface area contributed by atoms with Crippen molar-refractivity contribution in [1.82, 2.24) is 0 Å². The van der Waals surface area contributed by atoms with Gasteiger partial charge in [-0.2, -0.15) is 0 Å². The van der Waals surface area contributed by atoms with Crippen molar-refractivity contribution in [3.8, 4) is 0 Å². The monoisotopic (exact) mass is 209 g/mol. The van der Waals surface area contributed by atoms with Gasteiger partial charge < -0.3 is 5.73 Å². The van der Waals surface area contributed by atoms with Gasteiger partial charge in [-0.1, -0.05) is 13.0 Å². The lowest BCUT2D eigenvalue weighted by atomic mass is 10.1. The molecule has 0 radical (unpaired) electrons. The Balaban J connectivity index is 2.73. The van der Waals surface area contributed by atoms with Crippen LogP contribution < -0.4 is 5.73 Å². The third-order valence-corrected chi connectivity index (χ3v) is 3.87. The highest BCUT2D eigenvalue weighted by Crippen LogP contribution is 2.26. The lowest BCUT2D eigenvalue weighted by Gasteiger charge is -2.15. The Kier molecular flexibility index (Phi) is 4.02. The van der Waals surface area contributed by atoms with E-state index in [2.05, 4.69) is 45.9 Å². The number of rotatable bonds is 3. The highest BCUT2D eigenvalue weighted by molar-refractivity contribution is 8.00. The van der Waals surface area contributed by atoms with Gasteiger partial charge in [-0.15, -0.1) is 11.8 Å². The standard InChI is InChI=1S/C12H19NS/c1-8-5-6-12(7-9(8)2)14-11(4)10(3)13/h5-7,10-11H,13H2,1-4H3. The molecule has 0 heterocycles. The topological polar surface area (TPSA) is 26.0 Å². The Hall–Kier alpha value is -0.470. The molecule has 14 heavy (non-hydrogen) atoms. The van der Waals surface area contributed by atoms with Crippen LogP contribution in [-0.4, -0.2) is 11.3 Å².